The summed E-state index contributed by atoms with van der Waals surface area (Å²) in [4.78, 5) is 24.9. The van der Waals surface area contributed by atoms with Crippen molar-refractivity contribution in [3.8, 4) is 11.3 Å². The normalized spacial score (nSPS) is 15.0. The number of aromatic amines is 1. The highest BCUT2D eigenvalue weighted by Crippen LogP contribution is 2.30. The van der Waals surface area contributed by atoms with Crippen molar-refractivity contribution in [1.29, 1.82) is 0 Å². The highest BCUT2D eigenvalue weighted by atomic mass is 32.2. The van der Waals surface area contributed by atoms with Crippen LogP contribution in [0.3, 0.4) is 0 Å². The van der Waals surface area contributed by atoms with E-state index in [-0.39, 0.29) is 16.8 Å². The van der Waals surface area contributed by atoms with Gasteiger partial charge in [-0.2, -0.15) is 0 Å². The lowest BCUT2D eigenvalue weighted by molar-refractivity contribution is 0.0860. The monoisotopic (exact) mass is 411 g/mol. The topological polar surface area (TPSA) is 92.8 Å². The molecule has 1 fully saturated rings. The fourth-order valence-corrected chi connectivity index (χ4v) is 5.06. The van der Waals surface area contributed by atoms with E-state index in [2.05, 4.69) is 9.97 Å². The Morgan fingerprint density at radius 3 is 2.69 bits per heavy atom. The lowest BCUT2D eigenvalue weighted by atomic mass is 9.87. The van der Waals surface area contributed by atoms with Gasteiger partial charge in [-0.05, 0) is 30.9 Å². The third-order valence-electron chi connectivity index (χ3n) is 5.24. The number of H-pyrrole nitrogens is 1. The zero-order valence-electron chi connectivity index (χ0n) is 16.9. The maximum atomic E-state index is 12.7. The van der Waals surface area contributed by atoms with Gasteiger partial charge < -0.3 is 4.98 Å². The molecule has 0 spiro atoms. The molecule has 2 heterocycles. The summed E-state index contributed by atoms with van der Waals surface area (Å²) in [5.41, 5.74) is 3.63. The molecule has 1 aromatic carbocycles. The molecule has 0 saturated heterocycles. The van der Waals surface area contributed by atoms with Crippen molar-refractivity contribution < 1.29 is 13.2 Å². The minimum Gasteiger partial charge on any atom is -0.344 e. The fourth-order valence-electron chi connectivity index (χ4n) is 3.35. The number of rotatable bonds is 6. The van der Waals surface area contributed by atoms with E-state index >= 15 is 0 Å². The van der Waals surface area contributed by atoms with E-state index in [0.29, 0.717) is 28.8 Å². The quantitative estimate of drug-likeness (QED) is 0.620. The molecule has 0 radical (unpaired) electrons. The van der Waals surface area contributed by atoms with Crippen molar-refractivity contribution in [2.45, 2.75) is 45.3 Å². The maximum Gasteiger partial charge on any atom is 0.171 e. The zero-order valence-corrected chi connectivity index (χ0v) is 17.7. The molecule has 0 atom stereocenters. The second-order valence-electron chi connectivity index (χ2n) is 8.75. The number of aryl methyl sites for hydroxylation is 1. The number of carbonyl (C=O) groups is 1. The number of fused-ring (bicyclic) bond motifs is 1. The minimum atomic E-state index is -2.98. The van der Waals surface area contributed by atoms with Gasteiger partial charge in [0.2, 0.25) is 0 Å². The number of Topliss-reactive ketones (excluding diaryl/α,β-unsaturated/α-hetero) is 1. The van der Waals surface area contributed by atoms with Crippen LogP contribution in [-0.2, 0) is 16.3 Å². The van der Waals surface area contributed by atoms with Gasteiger partial charge in [0.15, 0.2) is 21.3 Å². The van der Waals surface area contributed by atoms with Gasteiger partial charge in [-0.3, -0.25) is 4.79 Å². The van der Waals surface area contributed by atoms with Crippen LogP contribution >= 0.6 is 0 Å². The van der Waals surface area contributed by atoms with E-state index in [0.717, 1.165) is 24.0 Å². The first-order valence-corrected chi connectivity index (χ1v) is 11.6. The molecule has 0 bridgehead atoms. The number of nitrogens with one attached hydrogen (secondary N) is 1. The van der Waals surface area contributed by atoms with Crippen LogP contribution in [0.2, 0.25) is 0 Å². The smallest absolute Gasteiger partial charge is 0.171 e. The van der Waals surface area contributed by atoms with Crippen LogP contribution in [0.15, 0.2) is 36.7 Å². The van der Waals surface area contributed by atoms with E-state index in [1.54, 1.807) is 12.4 Å². The maximum absolute atomic E-state index is 12.7. The van der Waals surface area contributed by atoms with E-state index in [1.165, 1.54) is 0 Å². The van der Waals surface area contributed by atoms with Gasteiger partial charge >= 0.3 is 0 Å². The fraction of sp³-hybridized carbons (Fsp3) is 0.409. The SMILES string of the molecule is CC(C)(C)C(=O)c1c[nH]c2ncc(-c3cccc(CCS(=O)(=O)C4CC4)c3)nc12. The van der Waals surface area contributed by atoms with Crippen LogP contribution in [-0.4, -0.2) is 40.2 Å². The molecule has 2 aromatic heterocycles. The second-order valence-corrected chi connectivity index (χ2v) is 11.2. The third-order valence-corrected chi connectivity index (χ3v) is 7.50. The summed E-state index contributed by atoms with van der Waals surface area (Å²) in [7, 11) is -2.98. The zero-order chi connectivity index (χ0) is 20.8. The molecule has 1 N–H and O–H groups in total. The van der Waals surface area contributed by atoms with Crippen molar-refractivity contribution in [1.82, 2.24) is 15.0 Å². The van der Waals surface area contributed by atoms with Crippen molar-refractivity contribution in [2.75, 3.05) is 5.75 Å². The molecule has 6 nitrogen and oxygen atoms in total. The predicted molar refractivity (Wildman–Crippen MR) is 114 cm³/mol. The van der Waals surface area contributed by atoms with Crippen LogP contribution < -0.4 is 0 Å². The Hall–Kier alpha value is -2.54. The summed E-state index contributed by atoms with van der Waals surface area (Å²) in [5.74, 6) is 0.183. The Balaban J connectivity index is 1.63. The Kier molecular flexibility index (Phi) is 4.81. The van der Waals surface area contributed by atoms with Gasteiger partial charge in [-0.1, -0.05) is 39.0 Å². The molecule has 1 aliphatic carbocycles. The van der Waals surface area contributed by atoms with E-state index in [9.17, 15) is 13.2 Å². The van der Waals surface area contributed by atoms with Crippen LogP contribution in [0.4, 0.5) is 0 Å². The summed E-state index contributed by atoms with van der Waals surface area (Å²) in [6.45, 7) is 5.64. The summed E-state index contributed by atoms with van der Waals surface area (Å²) >= 11 is 0. The van der Waals surface area contributed by atoms with E-state index in [1.807, 2.05) is 45.0 Å². The Bertz CT molecular complexity index is 1190. The first-order valence-electron chi connectivity index (χ1n) is 9.85. The van der Waals surface area contributed by atoms with Crippen molar-refractivity contribution >= 4 is 26.8 Å². The molecule has 0 amide bonds. The van der Waals surface area contributed by atoms with Gasteiger partial charge in [0.05, 0.1) is 28.5 Å². The van der Waals surface area contributed by atoms with Crippen molar-refractivity contribution in [3.63, 3.8) is 0 Å². The molecule has 7 heteroatoms. The standard InChI is InChI=1S/C22H25N3O3S/c1-22(2,3)20(26)17-12-23-21-19(17)25-18(13-24-21)15-6-4-5-14(11-15)9-10-29(27,28)16-7-8-16/h4-6,11-13,16H,7-10H2,1-3H3,(H,23,24). The first-order chi connectivity index (χ1) is 13.6. The van der Waals surface area contributed by atoms with Crippen LogP contribution in [0.5, 0.6) is 0 Å². The average Bonchev–Trinajstić information content (AvgIpc) is 3.46. The third kappa shape index (κ3) is 4.10. The van der Waals surface area contributed by atoms with Gasteiger partial charge in [0, 0.05) is 17.2 Å². The first kappa shape index (κ1) is 19.8. The lowest BCUT2D eigenvalue weighted by Gasteiger charge is -2.15. The predicted octanol–water partition coefficient (Wildman–Crippen LogP) is 3.97. The summed E-state index contributed by atoms with van der Waals surface area (Å²) in [6.07, 6.45) is 5.42. The molecule has 4 rings (SSSR count). The summed E-state index contributed by atoms with van der Waals surface area (Å²) in [6, 6.07) is 7.71. The number of hydrogen-bond acceptors (Lipinski definition) is 5. The largest absolute Gasteiger partial charge is 0.344 e. The molecular formula is C22H25N3O3S. The summed E-state index contributed by atoms with van der Waals surface area (Å²) in [5, 5.41) is -0.133. The Morgan fingerprint density at radius 2 is 2.00 bits per heavy atom. The van der Waals surface area contributed by atoms with E-state index < -0.39 is 15.3 Å². The van der Waals surface area contributed by atoms with Gasteiger partial charge in [-0.15, -0.1) is 0 Å². The number of hydrogen-bond donors (Lipinski definition) is 1. The molecule has 0 aliphatic heterocycles. The second kappa shape index (κ2) is 7.06. The molecule has 1 aliphatic rings. The molecule has 0 unspecified atom stereocenters. The Labute approximate surface area is 170 Å². The highest BCUT2D eigenvalue weighted by molar-refractivity contribution is 7.92. The molecule has 1 saturated carbocycles. The number of benzene rings is 1. The minimum absolute atomic E-state index is 0.00855. The van der Waals surface area contributed by atoms with Gasteiger partial charge in [0.25, 0.3) is 0 Å². The number of carbonyl (C=O) groups excluding carboxylic acids is 1. The van der Waals surface area contributed by atoms with Crippen LogP contribution in [0.25, 0.3) is 22.4 Å². The number of sulfone groups is 1. The number of ketones is 1. The number of aromatic nitrogens is 3. The van der Waals surface area contributed by atoms with Crippen molar-refractivity contribution in [2.24, 2.45) is 5.41 Å². The average molecular weight is 412 g/mol. The number of nitrogens with zero attached hydrogens (tertiary/aromatic N) is 2. The van der Waals surface area contributed by atoms with Gasteiger partial charge in [-0.25, -0.2) is 18.4 Å². The summed E-state index contributed by atoms with van der Waals surface area (Å²) < 4.78 is 24.3. The molecule has 29 heavy (non-hydrogen) atoms. The van der Waals surface area contributed by atoms with Crippen LogP contribution in [0.1, 0.15) is 49.5 Å². The molecule has 3 aromatic rings. The molecular weight excluding hydrogens is 386 g/mol. The highest BCUT2D eigenvalue weighted by Gasteiger charge is 2.35. The lowest BCUT2D eigenvalue weighted by Crippen LogP contribution is -2.20. The van der Waals surface area contributed by atoms with Gasteiger partial charge in [0.1, 0.15) is 5.52 Å². The van der Waals surface area contributed by atoms with E-state index in [4.69, 9.17) is 4.98 Å². The molecule has 152 valence electrons. The van der Waals surface area contributed by atoms with Crippen LogP contribution in [0, 0.1) is 5.41 Å². The van der Waals surface area contributed by atoms with Crippen molar-refractivity contribution in [3.05, 3.63) is 47.8 Å². The Morgan fingerprint density at radius 1 is 1.24 bits per heavy atom.